The van der Waals surface area contributed by atoms with Gasteiger partial charge in [0.25, 0.3) is 0 Å². The summed E-state index contributed by atoms with van der Waals surface area (Å²) >= 11 is 0. The summed E-state index contributed by atoms with van der Waals surface area (Å²) in [5, 5.41) is 14.5. The predicted molar refractivity (Wildman–Crippen MR) is 193 cm³/mol. The number of allylic oxidation sites excluding steroid dienone is 2. The van der Waals surface area contributed by atoms with E-state index in [2.05, 4.69) is 83.1 Å². The first-order valence-corrected chi connectivity index (χ1v) is 17.2. The van der Waals surface area contributed by atoms with Crippen LogP contribution in [0.25, 0.3) is 44.0 Å². The van der Waals surface area contributed by atoms with Gasteiger partial charge < -0.3 is 9.52 Å². The molecule has 2 heterocycles. The van der Waals surface area contributed by atoms with Gasteiger partial charge in [0.05, 0.1) is 5.76 Å². The van der Waals surface area contributed by atoms with Crippen LogP contribution in [0.2, 0.25) is 0 Å². The molecule has 1 aliphatic carbocycles. The molecule has 1 radical (unpaired) electrons. The summed E-state index contributed by atoms with van der Waals surface area (Å²) < 4.78 is 6.61. The van der Waals surface area contributed by atoms with Crippen LogP contribution in [0.15, 0.2) is 64.9 Å². The van der Waals surface area contributed by atoms with Gasteiger partial charge in [-0.25, -0.2) is 0 Å². The van der Waals surface area contributed by atoms with Crippen LogP contribution in [0.5, 0.6) is 0 Å². The number of carbonyl (C=O) groups excluding carboxylic acids is 1. The summed E-state index contributed by atoms with van der Waals surface area (Å²) in [6, 6.07) is 19.2. The summed E-state index contributed by atoms with van der Waals surface area (Å²) in [6.45, 7) is 19.3. The first kappa shape index (κ1) is 36.6. The molecule has 4 nitrogen and oxygen atoms in total. The molecule has 0 spiro atoms. The molecule has 2 aromatic heterocycles. The third-order valence-corrected chi connectivity index (χ3v) is 9.99. The fourth-order valence-electron chi connectivity index (χ4n) is 7.13. The summed E-state index contributed by atoms with van der Waals surface area (Å²) in [5.41, 5.74) is 8.83. The molecule has 0 aliphatic heterocycles. The van der Waals surface area contributed by atoms with E-state index in [1.165, 1.54) is 33.5 Å². The van der Waals surface area contributed by atoms with Crippen molar-refractivity contribution in [2.75, 3.05) is 0 Å². The van der Waals surface area contributed by atoms with Gasteiger partial charge in [0.2, 0.25) is 0 Å². The zero-order valence-electron chi connectivity index (χ0n) is 29.5. The van der Waals surface area contributed by atoms with Gasteiger partial charge in [-0.05, 0) is 61.5 Å². The number of ketones is 1. The standard InChI is InChI=1S/C29H26NO.C13H24O2.Ir/c1-16(2)12-20-10-11-22-24-25-26(30-15-17(3)27(25)31-28(20)24)21-13-18-8-6-7-9-19(18)14-23(21)29(22,4)5;1-5-10(6-2)12(14)9-13(15)11(7-3)8-4;/h6-11,14-16H,12H2,1-5H3;9-11,14H,5-8H2,1-4H3;/q-1;;/b;12-9-;. The number of benzene rings is 3. The van der Waals surface area contributed by atoms with Crippen LogP contribution in [0.1, 0.15) is 103 Å². The van der Waals surface area contributed by atoms with Crippen LogP contribution < -0.4 is 0 Å². The molecule has 251 valence electrons. The van der Waals surface area contributed by atoms with E-state index >= 15 is 0 Å². The predicted octanol–water partition coefficient (Wildman–Crippen LogP) is 11.6. The Morgan fingerprint density at radius 3 is 2.23 bits per heavy atom. The Labute approximate surface area is 294 Å². The van der Waals surface area contributed by atoms with Crippen molar-refractivity contribution in [3.05, 3.63) is 88.8 Å². The molecule has 0 fully saturated rings. The molecule has 0 unspecified atom stereocenters. The molecule has 1 aliphatic rings. The number of nitrogens with zero attached hydrogens (tertiary/aromatic N) is 1. The first-order valence-electron chi connectivity index (χ1n) is 17.2. The zero-order chi connectivity index (χ0) is 33.3. The van der Waals surface area contributed by atoms with E-state index in [1.54, 1.807) is 0 Å². The van der Waals surface area contributed by atoms with Crippen molar-refractivity contribution in [3.63, 3.8) is 0 Å². The first-order chi connectivity index (χ1) is 22.0. The van der Waals surface area contributed by atoms with Gasteiger partial charge in [-0.15, -0.1) is 23.6 Å². The monoisotopic (exact) mass is 809 g/mol. The second-order valence-electron chi connectivity index (χ2n) is 13.9. The third-order valence-electron chi connectivity index (χ3n) is 9.99. The van der Waals surface area contributed by atoms with Crippen molar-refractivity contribution in [2.24, 2.45) is 17.8 Å². The Hall–Kier alpha value is -3.27. The molecule has 0 bridgehead atoms. The van der Waals surface area contributed by atoms with Gasteiger partial charge in [-0.3, -0.25) is 9.78 Å². The number of aromatic nitrogens is 1. The molecule has 6 rings (SSSR count). The molecular formula is C42H50IrNO3-. The fourth-order valence-corrected chi connectivity index (χ4v) is 7.13. The number of fused-ring (bicyclic) bond motifs is 3. The van der Waals surface area contributed by atoms with E-state index < -0.39 is 0 Å². The van der Waals surface area contributed by atoms with E-state index in [9.17, 15) is 9.90 Å². The maximum atomic E-state index is 11.7. The van der Waals surface area contributed by atoms with Crippen LogP contribution in [0.4, 0.5) is 0 Å². The topological polar surface area (TPSA) is 63.3 Å². The fraction of sp³-hybridized carbons (Fsp3) is 0.429. The Morgan fingerprint density at radius 2 is 1.60 bits per heavy atom. The van der Waals surface area contributed by atoms with Gasteiger partial charge in [0.1, 0.15) is 11.2 Å². The van der Waals surface area contributed by atoms with Gasteiger partial charge in [0.15, 0.2) is 5.78 Å². The molecule has 0 saturated heterocycles. The van der Waals surface area contributed by atoms with E-state index in [4.69, 9.17) is 9.40 Å². The van der Waals surface area contributed by atoms with Crippen LogP contribution in [0.3, 0.4) is 0 Å². The Bertz CT molecular complexity index is 1920. The quantitative estimate of drug-likeness (QED) is 0.0915. The van der Waals surface area contributed by atoms with Gasteiger partial charge >= 0.3 is 0 Å². The molecule has 1 N–H and O–H groups in total. The Morgan fingerprint density at radius 1 is 0.936 bits per heavy atom. The minimum Gasteiger partial charge on any atom is -0.512 e. The van der Waals surface area contributed by atoms with Crippen molar-refractivity contribution in [1.82, 2.24) is 4.98 Å². The number of aryl methyl sites for hydroxylation is 1. The molecule has 47 heavy (non-hydrogen) atoms. The van der Waals surface area contributed by atoms with E-state index in [0.29, 0.717) is 5.92 Å². The minimum atomic E-state index is -0.199. The number of pyridine rings is 1. The van der Waals surface area contributed by atoms with Crippen LogP contribution in [0, 0.1) is 30.7 Å². The number of hydrogen-bond acceptors (Lipinski definition) is 4. The summed E-state index contributed by atoms with van der Waals surface area (Å²) in [6.07, 6.45) is 7.86. The van der Waals surface area contributed by atoms with Crippen molar-refractivity contribution in [1.29, 1.82) is 0 Å². The van der Waals surface area contributed by atoms with E-state index in [1.807, 2.05) is 33.9 Å². The average Bonchev–Trinajstić information content (AvgIpc) is 3.41. The molecule has 5 aromatic rings. The maximum absolute atomic E-state index is 11.7. The van der Waals surface area contributed by atoms with Gasteiger partial charge in [-0.1, -0.05) is 102 Å². The Balaban J connectivity index is 0.000000269. The smallest absolute Gasteiger partial charge is 0.162 e. The summed E-state index contributed by atoms with van der Waals surface area (Å²) in [4.78, 5) is 16.7. The van der Waals surface area contributed by atoms with E-state index in [0.717, 1.165) is 70.9 Å². The molecule has 0 atom stereocenters. The van der Waals surface area contributed by atoms with Crippen LogP contribution >= 0.6 is 0 Å². The molecule has 3 aromatic carbocycles. The molecular weight excluding hydrogens is 759 g/mol. The maximum Gasteiger partial charge on any atom is 0.162 e. The summed E-state index contributed by atoms with van der Waals surface area (Å²) in [7, 11) is 0. The Kier molecular flexibility index (Phi) is 11.6. The van der Waals surface area contributed by atoms with Crippen molar-refractivity contribution < 1.29 is 34.4 Å². The van der Waals surface area contributed by atoms with Gasteiger partial charge in [0, 0.05) is 66.2 Å². The molecule has 0 amide bonds. The second-order valence-corrected chi connectivity index (χ2v) is 13.9. The number of furan rings is 1. The normalized spacial score (nSPS) is 13.7. The van der Waals surface area contributed by atoms with Crippen LogP contribution in [-0.4, -0.2) is 15.9 Å². The van der Waals surface area contributed by atoms with E-state index in [-0.39, 0.29) is 48.9 Å². The summed E-state index contributed by atoms with van der Waals surface area (Å²) in [5.74, 6) is 1.11. The zero-order valence-corrected chi connectivity index (χ0v) is 31.9. The second kappa shape index (κ2) is 14.9. The van der Waals surface area contributed by atoms with Crippen LogP contribution in [-0.2, 0) is 36.7 Å². The number of hydrogen-bond donors (Lipinski definition) is 1. The number of carbonyl (C=O) groups is 1. The van der Waals surface area contributed by atoms with Crippen molar-refractivity contribution >= 4 is 38.5 Å². The number of aliphatic hydroxyl groups is 1. The minimum absolute atomic E-state index is 0. The third kappa shape index (κ3) is 6.85. The SMILES string of the molecule is CCC(CC)C(=O)/C=C(\O)C(CC)CC.Cc1cnc2c3c1oc1c(CC(C)C)ccc(c13)C(C)(C)c1cc3ccccc3[c-]c1-2.[Ir]. The average molecular weight is 809 g/mol. The number of aliphatic hydroxyl groups excluding tert-OH is 1. The van der Waals surface area contributed by atoms with Gasteiger partial charge in [-0.2, -0.15) is 0 Å². The molecule has 5 heteroatoms. The molecule has 0 saturated carbocycles. The largest absolute Gasteiger partial charge is 0.512 e. The number of rotatable bonds is 9. The van der Waals surface area contributed by atoms with Crippen molar-refractivity contribution in [2.45, 2.75) is 99.8 Å². The van der Waals surface area contributed by atoms with Crippen molar-refractivity contribution in [3.8, 4) is 11.3 Å².